The van der Waals surface area contributed by atoms with E-state index in [1.165, 1.54) is 11.1 Å². The first-order valence-electron chi connectivity index (χ1n) is 5.73. The van der Waals surface area contributed by atoms with E-state index in [-0.39, 0.29) is 6.10 Å². The van der Waals surface area contributed by atoms with Gasteiger partial charge in [0.1, 0.15) is 0 Å². The maximum atomic E-state index is 5.85. The van der Waals surface area contributed by atoms with Gasteiger partial charge >= 0.3 is 0 Å². The summed E-state index contributed by atoms with van der Waals surface area (Å²) in [5, 5.41) is 3.35. The number of fused-ring (bicyclic) bond motifs is 1. The average molecular weight is 205 g/mol. The normalized spacial score (nSPS) is 24.9. The van der Waals surface area contributed by atoms with Crippen LogP contribution in [0.3, 0.4) is 0 Å². The lowest BCUT2D eigenvalue weighted by Crippen LogP contribution is -2.37. The largest absolute Gasteiger partial charge is 0.372 e. The van der Waals surface area contributed by atoms with Crippen molar-refractivity contribution in [2.75, 3.05) is 13.7 Å². The summed E-state index contributed by atoms with van der Waals surface area (Å²) < 4.78 is 5.85. The molecule has 0 bridgehead atoms. The summed E-state index contributed by atoms with van der Waals surface area (Å²) in [6.45, 7) is 2.83. The van der Waals surface area contributed by atoms with Crippen LogP contribution in [0.4, 0.5) is 0 Å². The van der Waals surface area contributed by atoms with E-state index in [4.69, 9.17) is 4.74 Å². The van der Waals surface area contributed by atoms with Gasteiger partial charge in [0.05, 0.1) is 6.10 Å². The molecule has 1 N–H and O–H groups in total. The van der Waals surface area contributed by atoms with Crippen LogP contribution in [-0.4, -0.2) is 19.7 Å². The molecule has 0 fully saturated rings. The fourth-order valence-corrected chi connectivity index (χ4v) is 2.40. The predicted octanol–water partition coefficient (Wildman–Crippen LogP) is 2.30. The molecule has 0 heterocycles. The number of nitrogens with one attached hydrogen (secondary N) is 1. The van der Waals surface area contributed by atoms with Gasteiger partial charge in [-0.3, -0.25) is 0 Å². The molecule has 1 aliphatic carbocycles. The van der Waals surface area contributed by atoms with Gasteiger partial charge in [0, 0.05) is 12.6 Å². The first kappa shape index (κ1) is 10.7. The molecule has 2 nitrogen and oxygen atoms in total. The molecule has 2 atom stereocenters. The van der Waals surface area contributed by atoms with E-state index in [1.54, 1.807) is 0 Å². The van der Waals surface area contributed by atoms with Crippen LogP contribution in [0.15, 0.2) is 24.3 Å². The molecule has 0 spiro atoms. The first-order valence-corrected chi connectivity index (χ1v) is 5.73. The van der Waals surface area contributed by atoms with Crippen molar-refractivity contribution >= 4 is 0 Å². The summed E-state index contributed by atoms with van der Waals surface area (Å²) in [5.74, 6) is 0. The smallest absolute Gasteiger partial charge is 0.0980 e. The van der Waals surface area contributed by atoms with Crippen LogP contribution in [0.1, 0.15) is 30.6 Å². The second kappa shape index (κ2) is 4.77. The van der Waals surface area contributed by atoms with Crippen molar-refractivity contribution in [3.05, 3.63) is 35.4 Å². The standard InChI is InChI=1S/C13H19NO/c1-3-15-13-11-7-5-4-6-10(11)8-9-12(13)14-2/h4-7,12-14H,3,8-9H2,1-2H3. The van der Waals surface area contributed by atoms with Crippen molar-refractivity contribution in [1.82, 2.24) is 5.32 Å². The van der Waals surface area contributed by atoms with Gasteiger partial charge in [-0.2, -0.15) is 0 Å². The van der Waals surface area contributed by atoms with Gasteiger partial charge in [-0.05, 0) is 37.9 Å². The van der Waals surface area contributed by atoms with E-state index in [2.05, 4.69) is 36.5 Å². The number of likely N-dealkylation sites (N-methyl/N-ethyl adjacent to an activating group) is 1. The zero-order valence-electron chi connectivity index (χ0n) is 9.49. The molecule has 1 aromatic carbocycles. The summed E-state index contributed by atoms with van der Waals surface area (Å²) >= 11 is 0. The molecule has 2 unspecified atom stereocenters. The van der Waals surface area contributed by atoms with Crippen molar-refractivity contribution in [3.8, 4) is 0 Å². The van der Waals surface area contributed by atoms with Crippen molar-refractivity contribution in [2.24, 2.45) is 0 Å². The van der Waals surface area contributed by atoms with Crippen LogP contribution in [0.5, 0.6) is 0 Å². The Labute approximate surface area is 91.6 Å². The number of hydrogen-bond donors (Lipinski definition) is 1. The molecule has 1 aromatic rings. The third-order valence-electron chi connectivity index (χ3n) is 3.17. The minimum Gasteiger partial charge on any atom is -0.372 e. The Kier molecular flexibility index (Phi) is 3.39. The van der Waals surface area contributed by atoms with Gasteiger partial charge in [-0.25, -0.2) is 0 Å². The Balaban J connectivity index is 2.29. The van der Waals surface area contributed by atoms with Crippen LogP contribution in [-0.2, 0) is 11.2 Å². The van der Waals surface area contributed by atoms with E-state index in [0.717, 1.165) is 19.4 Å². The zero-order chi connectivity index (χ0) is 10.7. The monoisotopic (exact) mass is 205 g/mol. The molecule has 0 amide bonds. The maximum Gasteiger partial charge on any atom is 0.0980 e. The second-order valence-corrected chi connectivity index (χ2v) is 4.01. The maximum absolute atomic E-state index is 5.85. The number of ether oxygens (including phenoxy) is 1. The van der Waals surface area contributed by atoms with Crippen LogP contribution >= 0.6 is 0 Å². The van der Waals surface area contributed by atoms with Crippen LogP contribution in [0, 0.1) is 0 Å². The van der Waals surface area contributed by atoms with Gasteiger partial charge in [-0.15, -0.1) is 0 Å². The highest BCUT2D eigenvalue weighted by Gasteiger charge is 2.28. The number of aryl methyl sites for hydroxylation is 1. The highest BCUT2D eigenvalue weighted by Crippen LogP contribution is 2.32. The van der Waals surface area contributed by atoms with Gasteiger partial charge in [0.25, 0.3) is 0 Å². The SMILES string of the molecule is CCOC1c2ccccc2CCC1NC. The summed E-state index contributed by atoms with van der Waals surface area (Å²) in [7, 11) is 2.02. The molecule has 82 valence electrons. The third-order valence-corrected chi connectivity index (χ3v) is 3.17. The molecule has 0 saturated heterocycles. The Hall–Kier alpha value is -0.860. The lowest BCUT2D eigenvalue weighted by atomic mass is 9.86. The van der Waals surface area contributed by atoms with Crippen molar-refractivity contribution in [3.63, 3.8) is 0 Å². The summed E-state index contributed by atoms with van der Waals surface area (Å²) in [6, 6.07) is 9.08. The van der Waals surface area contributed by atoms with E-state index >= 15 is 0 Å². The Morgan fingerprint density at radius 3 is 2.93 bits per heavy atom. The number of hydrogen-bond acceptors (Lipinski definition) is 2. The van der Waals surface area contributed by atoms with Gasteiger partial charge in [-0.1, -0.05) is 24.3 Å². The van der Waals surface area contributed by atoms with Crippen LogP contribution in [0.25, 0.3) is 0 Å². The highest BCUT2D eigenvalue weighted by molar-refractivity contribution is 5.32. The molecule has 0 radical (unpaired) electrons. The quantitative estimate of drug-likeness (QED) is 0.817. The Morgan fingerprint density at radius 2 is 2.20 bits per heavy atom. The van der Waals surface area contributed by atoms with Crippen LogP contribution in [0.2, 0.25) is 0 Å². The lowest BCUT2D eigenvalue weighted by Gasteiger charge is -2.33. The first-order chi connectivity index (χ1) is 7.36. The Bertz CT molecular complexity index is 324. The third kappa shape index (κ3) is 2.06. The fraction of sp³-hybridized carbons (Fsp3) is 0.538. The topological polar surface area (TPSA) is 21.3 Å². The molecular formula is C13H19NO. The Morgan fingerprint density at radius 1 is 1.40 bits per heavy atom. The summed E-state index contributed by atoms with van der Waals surface area (Å²) in [4.78, 5) is 0. The van der Waals surface area contributed by atoms with E-state index < -0.39 is 0 Å². The lowest BCUT2D eigenvalue weighted by molar-refractivity contribution is 0.0276. The summed E-state index contributed by atoms with van der Waals surface area (Å²) in [6.07, 6.45) is 2.55. The van der Waals surface area contributed by atoms with Gasteiger partial charge in [0.15, 0.2) is 0 Å². The molecule has 1 aliphatic rings. The molecule has 15 heavy (non-hydrogen) atoms. The summed E-state index contributed by atoms with van der Waals surface area (Å²) in [5.41, 5.74) is 2.81. The molecular weight excluding hydrogens is 186 g/mol. The molecule has 2 rings (SSSR count). The van der Waals surface area contributed by atoms with Crippen LogP contribution < -0.4 is 5.32 Å². The fourth-order valence-electron chi connectivity index (χ4n) is 2.40. The minimum absolute atomic E-state index is 0.227. The molecule has 0 aromatic heterocycles. The molecule has 0 aliphatic heterocycles. The minimum atomic E-state index is 0.227. The van der Waals surface area contributed by atoms with Crippen molar-refractivity contribution in [2.45, 2.75) is 31.9 Å². The van der Waals surface area contributed by atoms with Crippen molar-refractivity contribution < 1.29 is 4.74 Å². The predicted molar refractivity (Wildman–Crippen MR) is 62.0 cm³/mol. The van der Waals surface area contributed by atoms with E-state index in [1.807, 2.05) is 7.05 Å². The van der Waals surface area contributed by atoms with Crippen molar-refractivity contribution in [1.29, 1.82) is 0 Å². The molecule has 0 saturated carbocycles. The second-order valence-electron chi connectivity index (χ2n) is 4.01. The van der Waals surface area contributed by atoms with E-state index in [9.17, 15) is 0 Å². The number of rotatable bonds is 3. The van der Waals surface area contributed by atoms with Gasteiger partial charge in [0.2, 0.25) is 0 Å². The number of benzene rings is 1. The average Bonchev–Trinajstić information content (AvgIpc) is 2.30. The highest BCUT2D eigenvalue weighted by atomic mass is 16.5. The molecule has 2 heteroatoms. The van der Waals surface area contributed by atoms with Gasteiger partial charge < -0.3 is 10.1 Å². The van der Waals surface area contributed by atoms with E-state index in [0.29, 0.717) is 6.04 Å². The zero-order valence-corrected chi connectivity index (χ0v) is 9.49.